The summed E-state index contributed by atoms with van der Waals surface area (Å²) in [6.45, 7) is 2.16. The Kier molecular flexibility index (Phi) is 5.20. The van der Waals surface area contributed by atoms with E-state index in [4.69, 9.17) is 5.73 Å². The van der Waals surface area contributed by atoms with Crippen LogP contribution in [0.25, 0.3) is 0 Å². The second-order valence-electron chi connectivity index (χ2n) is 8.58. The molecule has 3 N–H and O–H groups in total. The van der Waals surface area contributed by atoms with E-state index in [1.165, 1.54) is 5.56 Å². The fraction of sp³-hybridized carbons (Fsp3) is 0.280. The molecular weight excluding hydrogens is 420 g/mol. The highest BCUT2D eigenvalue weighted by molar-refractivity contribution is 5.99. The third-order valence-electron chi connectivity index (χ3n) is 6.47. The fourth-order valence-electron chi connectivity index (χ4n) is 4.64. The van der Waals surface area contributed by atoms with Crippen LogP contribution in [0.3, 0.4) is 0 Å². The van der Waals surface area contributed by atoms with Gasteiger partial charge in [0.15, 0.2) is 0 Å². The SMILES string of the molecule is Nc1c(N2CCc3ccc(CNC(=O)c4cccc(N5CCCC5=O)c4)cc3C2)c(=O)c1=O. The third-order valence-corrected chi connectivity index (χ3v) is 6.47. The van der Waals surface area contributed by atoms with Crippen molar-refractivity contribution in [3.63, 3.8) is 0 Å². The van der Waals surface area contributed by atoms with Crippen LogP contribution in [-0.4, -0.2) is 24.9 Å². The largest absolute Gasteiger partial charge is 0.394 e. The van der Waals surface area contributed by atoms with Gasteiger partial charge in [0.05, 0.1) is 0 Å². The van der Waals surface area contributed by atoms with Gasteiger partial charge in [-0.25, -0.2) is 0 Å². The summed E-state index contributed by atoms with van der Waals surface area (Å²) in [4.78, 5) is 51.7. The lowest BCUT2D eigenvalue weighted by atomic mass is 9.96. The zero-order chi connectivity index (χ0) is 23.1. The molecule has 0 aromatic heterocycles. The smallest absolute Gasteiger partial charge is 0.253 e. The molecule has 3 aromatic carbocycles. The number of nitrogen functional groups attached to an aromatic ring is 1. The quantitative estimate of drug-likeness (QED) is 0.577. The lowest BCUT2D eigenvalue weighted by molar-refractivity contribution is -0.117. The van der Waals surface area contributed by atoms with Gasteiger partial charge in [0, 0.05) is 43.9 Å². The average molecular weight is 444 g/mol. The minimum atomic E-state index is -0.606. The van der Waals surface area contributed by atoms with E-state index in [9.17, 15) is 19.2 Å². The minimum Gasteiger partial charge on any atom is -0.394 e. The Bertz CT molecular complexity index is 1340. The summed E-state index contributed by atoms with van der Waals surface area (Å²) in [5.74, 6) is -0.125. The van der Waals surface area contributed by atoms with Crippen molar-refractivity contribution >= 4 is 28.9 Å². The van der Waals surface area contributed by atoms with E-state index in [-0.39, 0.29) is 17.5 Å². The van der Waals surface area contributed by atoms with Crippen LogP contribution in [0.4, 0.5) is 17.1 Å². The summed E-state index contributed by atoms with van der Waals surface area (Å²) in [5, 5.41) is 2.94. The Morgan fingerprint density at radius 2 is 1.82 bits per heavy atom. The van der Waals surface area contributed by atoms with E-state index >= 15 is 0 Å². The molecule has 0 unspecified atom stereocenters. The number of nitrogens with zero attached hydrogens (tertiary/aromatic N) is 2. The summed E-state index contributed by atoms with van der Waals surface area (Å²) in [7, 11) is 0. The van der Waals surface area contributed by atoms with Crippen LogP contribution in [0.1, 0.15) is 39.9 Å². The molecule has 33 heavy (non-hydrogen) atoms. The average Bonchev–Trinajstić information content (AvgIpc) is 3.28. The number of hydrogen-bond donors (Lipinski definition) is 2. The van der Waals surface area contributed by atoms with Crippen LogP contribution >= 0.6 is 0 Å². The number of rotatable bonds is 5. The van der Waals surface area contributed by atoms with E-state index in [2.05, 4.69) is 5.32 Å². The highest BCUT2D eigenvalue weighted by Crippen LogP contribution is 2.27. The van der Waals surface area contributed by atoms with Gasteiger partial charge in [0.25, 0.3) is 16.8 Å². The number of nitrogens with two attached hydrogens (primary N) is 1. The van der Waals surface area contributed by atoms with Crippen LogP contribution in [0, 0.1) is 0 Å². The molecule has 1 saturated heterocycles. The Labute approximate surface area is 190 Å². The molecule has 2 heterocycles. The fourth-order valence-corrected chi connectivity index (χ4v) is 4.64. The molecule has 2 amide bonds. The van der Waals surface area contributed by atoms with Gasteiger partial charge in [-0.3, -0.25) is 19.2 Å². The summed E-state index contributed by atoms with van der Waals surface area (Å²) >= 11 is 0. The van der Waals surface area contributed by atoms with E-state index in [0.717, 1.165) is 29.7 Å². The number of nitrogens with one attached hydrogen (secondary N) is 1. The first-order chi connectivity index (χ1) is 15.9. The van der Waals surface area contributed by atoms with Gasteiger partial charge in [-0.1, -0.05) is 24.3 Å². The Balaban J connectivity index is 1.26. The normalized spacial score (nSPS) is 15.7. The monoisotopic (exact) mass is 444 g/mol. The first kappa shape index (κ1) is 20.9. The number of anilines is 3. The van der Waals surface area contributed by atoms with Crippen molar-refractivity contribution < 1.29 is 9.59 Å². The van der Waals surface area contributed by atoms with Crippen LogP contribution in [-0.2, 0) is 24.3 Å². The van der Waals surface area contributed by atoms with Crippen molar-refractivity contribution in [3.8, 4) is 0 Å². The van der Waals surface area contributed by atoms with E-state index < -0.39 is 10.9 Å². The maximum Gasteiger partial charge on any atom is 0.253 e. The molecule has 2 aliphatic rings. The van der Waals surface area contributed by atoms with E-state index in [1.807, 2.05) is 29.2 Å². The van der Waals surface area contributed by atoms with Crippen molar-refractivity contribution in [3.05, 3.63) is 85.2 Å². The van der Waals surface area contributed by atoms with E-state index in [0.29, 0.717) is 43.9 Å². The number of amides is 2. The molecule has 8 heteroatoms. The number of hydrogen-bond acceptors (Lipinski definition) is 6. The second kappa shape index (κ2) is 8.20. The summed E-state index contributed by atoms with van der Waals surface area (Å²) in [6, 6.07) is 13.2. The minimum absolute atomic E-state index is 0.0460. The van der Waals surface area contributed by atoms with Gasteiger partial charge in [0.1, 0.15) is 11.4 Å². The maximum absolute atomic E-state index is 12.7. The number of carbonyl (C=O) groups is 2. The van der Waals surface area contributed by atoms with Gasteiger partial charge in [-0.05, 0) is 47.7 Å². The molecule has 8 nitrogen and oxygen atoms in total. The molecule has 0 bridgehead atoms. The lowest BCUT2D eigenvalue weighted by Gasteiger charge is -2.32. The standard InChI is InChI=1S/C25H24N4O4/c26-21-22(24(32)23(21)31)28-10-8-16-7-6-15(11-18(16)14-28)13-27-25(33)17-3-1-4-19(12-17)29-9-2-5-20(29)30/h1,3-4,6-7,11-12H,2,5,8-10,13-14,26H2,(H,27,33). The molecule has 1 fully saturated rings. The van der Waals surface area contributed by atoms with Crippen LogP contribution in [0.2, 0.25) is 0 Å². The van der Waals surface area contributed by atoms with E-state index in [1.54, 1.807) is 23.1 Å². The molecule has 0 spiro atoms. The van der Waals surface area contributed by atoms with Gasteiger partial charge in [-0.2, -0.15) is 0 Å². The molecule has 0 atom stereocenters. The summed E-state index contributed by atoms with van der Waals surface area (Å²) in [5.41, 5.74) is 9.40. The molecule has 0 radical (unpaired) electrons. The second-order valence-corrected chi connectivity index (χ2v) is 8.58. The highest BCUT2D eigenvalue weighted by atomic mass is 16.2. The Morgan fingerprint density at radius 1 is 0.970 bits per heavy atom. The predicted molar refractivity (Wildman–Crippen MR) is 126 cm³/mol. The molecular formula is C25H24N4O4. The van der Waals surface area contributed by atoms with Crippen molar-refractivity contribution in [1.82, 2.24) is 5.32 Å². The topological polar surface area (TPSA) is 113 Å². The first-order valence-corrected chi connectivity index (χ1v) is 11.1. The Morgan fingerprint density at radius 3 is 2.58 bits per heavy atom. The zero-order valence-electron chi connectivity index (χ0n) is 18.1. The molecule has 2 aliphatic heterocycles. The molecule has 168 valence electrons. The molecule has 0 aliphatic carbocycles. The first-order valence-electron chi connectivity index (χ1n) is 11.1. The van der Waals surface area contributed by atoms with Crippen molar-refractivity contribution in [2.75, 3.05) is 28.6 Å². The Hall–Kier alpha value is -3.94. The summed E-state index contributed by atoms with van der Waals surface area (Å²) in [6.07, 6.45) is 2.13. The predicted octanol–water partition coefficient (Wildman–Crippen LogP) is 1.48. The molecule has 5 rings (SSSR count). The number of benzene rings is 2. The van der Waals surface area contributed by atoms with Crippen molar-refractivity contribution in [1.29, 1.82) is 0 Å². The molecule has 3 aromatic rings. The van der Waals surface area contributed by atoms with Crippen LogP contribution < -0.4 is 31.7 Å². The highest BCUT2D eigenvalue weighted by Gasteiger charge is 2.27. The van der Waals surface area contributed by atoms with Crippen molar-refractivity contribution in [2.45, 2.75) is 32.4 Å². The van der Waals surface area contributed by atoms with Crippen LogP contribution in [0.5, 0.6) is 0 Å². The number of carbonyl (C=O) groups excluding carboxylic acids is 2. The van der Waals surface area contributed by atoms with Gasteiger partial charge < -0.3 is 20.9 Å². The van der Waals surface area contributed by atoms with Crippen LogP contribution in [0.15, 0.2) is 52.1 Å². The third kappa shape index (κ3) is 3.77. The summed E-state index contributed by atoms with van der Waals surface area (Å²) < 4.78 is 0. The number of fused-ring (bicyclic) bond motifs is 1. The zero-order valence-corrected chi connectivity index (χ0v) is 18.1. The van der Waals surface area contributed by atoms with Gasteiger partial charge in [-0.15, -0.1) is 0 Å². The van der Waals surface area contributed by atoms with Crippen molar-refractivity contribution in [2.24, 2.45) is 0 Å². The maximum atomic E-state index is 12.7. The van der Waals surface area contributed by atoms with Gasteiger partial charge >= 0.3 is 0 Å². The lowest BCUT2D eigenvalue weighted by Crippen LogP contribution is -2.44. The molecule has 0 saturated carbocycles. The van der Waals surface area contributed by atoms with Gasteiger partial charge in [0.2, 0.25) is 5.91 Å².